The standard InChI is InChI=1S/C14H18F3NO/c1-2-10-7-8-18-12(9-10)11-5-3-4-6-13(11)19-14(15,16)17/h3-6,10,12,18H,2,7-9H2,1H3. The van der Waals surface area contributed by atoms with Crippen LogP contribution in [-0.4, -0.2) is 12.9 Å². The van der Waals surface area contributed by atoms with E-state index in [1.807, 2.05) is 0 Å². The lowest BCUT2D eigenvalue weighted by Gasteiger charge is -2.31. The van der Waals surface area contributed by atoms with Crippen LogP contribution < -0.4 is 10.1 Å². The molecule has 1 saturated heterocycles. The Bertz CT molecular complexity index is 419. The van der Waals surface area contributed by atoms with Crippen LogP contribution in [0.3, 0.4) is 0 Å². The Kier molecular flexibility index (Phi) is 4.34. The Balaban J connectivity index is 2.19. The van der Waals surface area contributed by atoms with Gasteiger partial charge in [-0.2, -0.15) is 0 Å². The first-order valence-electron chi connectivity index (χ1n) is 6.57. The van der Waals surface area contributed by atoms with E-state index in [4.69, 9.17) is 0 Å². The highest BCUT2D eigenvalue weighted by atomic mass is 19.4. The summed E-state index contributed by atoms with van der Waals surface area (Å²) in [5, 5.41) is 3.28. The molecule has 1 aromatic carbocycles. The fourth-order valence-corrected chi connectivity index (χ4v) is 2.59. The van der Waals surface area contributed by atoms with E-state index in [2.05, 4.69) is 17.0 Å². The van der Waals surface area contributed by atoms with E-state index in [0.29, 0.717) is 11.5 Å². The summed E-state index contributed by atoms with van der Waals surface area (Å²) < 4.78 is 41.3. The van der Waals surface area contributed by atoms with Crippen molar-refractivity contribution in [2.75, 3.05) is 6.54 Å². The summed E-state index contributed by atoms with van der Waals surface area (Å²) in [6, 6.07) is 6.33. The van der Waals surface area contributed by atoms with Crippen LogP contribution in [0.15, 0.2) is 24.3 Å². The van der Waals surface area contributed by atoms with Gasteiger partial charge in [-0.1, -0.05) is 31.5 Å². The fraction of sp³-hybridized carbons (Fsp3) is 0.571. The molecule has 2 atom stereocenters. The van der Waals surface area contributed by atoms with Gasteiger partial charge in [0, 0.05) is 11.6 Å². The average Bonchev–Trinajstić information content (AvgIpc) is 2.37. The van der Waals surface area contributed by atoms with E-state index in [0.717, 1.165) is 25.8 Å². The normalized spacial score (nSPS) is 24.2. The fourth-order valence-electron chi connectivity index (χ4n) is 2.59. The first-order chi connectivity index (χ1) is 8.99. The van der Waals surface area contributed by atoms with E-state index in [-0.39, 0.29) is 11.8 Å². The molecule has 2 rings (SSSR count). The summed E-state index contributed by atoms with van der Waals surface area (Å²) in [5.41, 5.74) is 0.595. The van der Waals surface area contributed by atoms with E-state index < -0.39 is 6.36 Å². The molecule has 5 heteroatoms. The molecule has 1 aliphatic heterocycles. The summed E-state index contributed by atoms with van der Waals surface area (Å²) >= 11 is 0. The van der Waals surface area contributed by atoms with E-state index in [1.54, 1.807) is 18.2 Å². The number of halogens is 3. The molecule has 106 valence electrons. The monoisotopic (exact) mass is 273 g/mol. The van der Waals surface area contributed by atoms with Gasteiger partial charge in [0.05, 0.1) is 0 Å². The minimum Gasteiger partial charge on any atom is -0.405 e. The molecule has 2 unspecified atom stereocenters. The Labute approximate surface area is 111 Å². The predicted molar refractivity (Wildman–Crippen MR) is 66.9 cm³/mol. The third-order valence-electron chi connectivity index (χ3n) is 3.61. The molecule has 0 saturated carbocycles. The Morgan fingerprint density at radius 2 is 2.05 bits per heavy atom. The van der Waals surface area contributed by atoms with E-state index in [1.165, 1.54) is 6.07 Å². The molecule has 0 aliphatic carbocycles. The number of hydrogen-bond donors (Lipinski definition) is 1. The molecule has 19 heavy (non-hydrogen) atoms. The third kappa shape index (κ3) is 3.86. The minimum atomic E-state index is -4.64. The highest BCUT2D eigenvalue weighted by molar-refractivity contribution is 5.36. The number of hydrogen-bond acceptors (Lipinski definition) is 2. The highest BCUT2D eigenvalue weighted by Gasteiger charge is 2.33. The first kappa shape index (κ1) is 14.2. The number of benzene rings is 1. The lowest BCUT2D eigenvalue weighted by atomic mass is 9.87. The number of ether oxygens (including phenoxy) is 1. The van der Waals surface area contributed by atoms with Crippen LogP contribution in [0.1, 0.15) is 37.8 Å². The van der Waals surface area contributed by atoms with Crippen LogP contribution in [0.5, 0.6) is 5.75 Å². The van der Waals surface area contributed by atoms with Crippen molar-refractivity contribution in [3.05, 3.63) is 29.8 Å². The summed E-state index contributed by atoms with van der Waals surface area (Å²) in [6.07, 6.45) is -1.65. The van der Waals surface area contributed by atoms with Crippen LogP contribution in [0.2, 0.25) is 0 Å². The van der Waals surface area contributed by atoms with Crippen molar-refractivity contribution in [1.82, 2.24) is 5.32 Å². The summed E-state index contributed by atoms with van der Waals surface area (Å²) in [6.45, 7) is 2.95. The van der Waals surface area contributed by atoms with Crippen molar-refractivity contribution < 1.29 is 17.9 Å². The van der Waals surface area contributed by atoms with Crippen LogP contribution in [0, 0.1) is 5.92 Å². The zero-order chi connectivity index (χ0) is 13.9. The third-order valence-corrected chi connectivity index (χ3v) is 3.61. The van der Waals surface area contributed by atoms with Gasteiger partial charge >= 0.3 is 6.36 Å². The number of nitrogens with one attached hydrogen (secondary N) is 1. The summed E-state index contributed by atoms with van der Waals surface area (Å²) in [7, 11) is 0. The molecule has 0 aromatic heterocycles. The van der Waals surface area contributed by atoms with Crippen LogP contribution in [0.4, 0.5) is 13.2 Å². The van der Waals surface area contributed by atoms with Gasteiger partial charge < -0.3 is 10.1 Å². The van der Waals surface area contributed by atoms with Gasteiger partial charge in [-0.15, -0.1) is 13.2 Å². The van der Waals surface area contributed by atoms with E-state index in [9.17, 15) is 13.2 Å². The molecular weight excluding hydrogens is 255 g/mol. The molecule has 0 bridgehead atoms. The van der Waals surface area contributed by atoms with Crippen molar-refractivity contribution in [2.24, 2.45) is 5.92 Å². The number of piperidine rings is 1. The van der Waals surface area contributed by atoms with Crippen molar-refractivity contribution in [1.29, 1.82) is 0 Å². The maximum absolute atomic E-state index is 12.4. The van der Waals surface area contributed by atoms with Crippen molar-refractivity contribution in [3.63, 3.8) is 0 Å². The molecule has 1 heterocycles. The maximum Gasteiger partial charge on any atom is 0.573 e. The highest BCUT2D eigenvalue weighted by Crippen LogP contribution is 2.35. The van der Waals surface area contributed by atoms with E-state index >= 15 is 0 Å². The minimum absolute atomic E-state index is 0.0581. The smallest absolute Gasteiger partial charge is 0.405 e. The van der Waals surface area contributed by atoms with Gasteiger partial charge in [0.2, 0.25) is 0 Å². The molecule has 0 amide bonds. The second kappa shape index (κ2) is 5.82. The Morgan fingerprint density at radius 3 is 2.74 bits per heavy atom. The first-order valence-corrected chi connectivity index (χ1v) is 6.57. The lowest BCUT2D eigenvalue weighted by Crippen LogP contribution is -2.32. The Morgan fingerprint density at radius 1 is 1.32 bits per heavy atom. The van der Waals surface area contributed by atoms with Gasteiger partial charge in [-0.25, -0.2) is 0 Å². The topological polar surface area (TPSA) is 21.3 Å². The zero-order valence-electron chi connectivity index (χ0n) is 10.8. The quantitative estimate of drug-likeness (QED) is 0.897. The molecule has 1 aliphatic rings. The number of para-hydroxylation sites is 1. The summed E-state index contributed by atoms with van der Waals surface area (Å²) in [5.74, 6) is 0.467. The van der Waals surface area contributed by atoms with Crippen molar-refractivity contribution in [2.45, 2.75) is 38.6 Å². The van der Waals surface area contributed by atoms with Gasteiger partial charge in [-0.05, 0) is 31.4 Å². The molecule has 0 radical (unpaired) electrons. The molecule has 0 spiro atoms. The summed E-state index contributed by atoms with van der Waals surface area (Å²) in [4.78, 5) is 0. The number of rotatable bonds is 3. The molecular formula is C14H18F3NO. The average molecular weight is 273 g/mol. The van der Waals surface area contributed by atoms with Crippen LogP contribution in [-0.2, 0) is 0 Å². The van der Waals surface area contributed by atoms with Crippen LogP contribution >= 0.6 is 0 Å². The van der Waals surface area contributed by atoms with Crippen LogP contribution in [0.25, 0.3) is 0 Å². The van der Waals surface area contributed by atoms with Gasteiger partial charge in [-0.3, -0.25) is 0 Å². The number of alkyl halides is 3. The van der Waals surface area contributed by atoms with Gasteiger partial charge in [0.25, 0.3) is 0 Å². The SMILES string of the molecule is CCC1CCNC(c2ccccc2OC(F)(F)F)C1. The second-order valence-corrected chi connectivity index (χ2v) is 4.89. The predicted octanol–water partition coefficient (Wildman–Crippen LogP) is 4.04. The molecule has 1 N–H and O–H groups in total. The lowest BCUT2D eigenvalue weighted by molar-refractivity contribution is -0.275. The largest absolute Gasteiger partial charge is 0.573 e. The Hall–Kier alpha value is -1.23. The zero-order valence-corrected chi connectivity index (χ0v) is 10.8. The second-order valence-electron chi connectivity index (χ2n) is 4.89. The molecule has 1 fully saturated rings. The molecule has 2 nitrogen and oxygen atoms in total. The van der Waals surface area contributed by atoms with Gasteiger partial charge in [0.1, 0.15) is 5.75 Å². The molecule has 1 aromatic rings. The van der Waals surface area contributed by atoms with Crippen molar-refractivity contribution in [3.8, 4) is 5.75 Å². The maximum atomic E-state index is 12.4. The van der Waals surface area contributed by atoms with Crippen molar-refractivity contribution >= 4 is 0 Å². The van der Waals surface area contributed by atoms with Gasteiger partial charge in [0.15, 0.2) is 0 Å².